The molecule has 3 heterocycles. The third kappa shape index (κ3) is 1.80. The Bertz CT molecular complexity index is 1600. The molecule has 0 spiro atoms. The second-order valence-corrected chi connectivity index (χ2v) is 7.54. The maximum Gasteiger partial charge on any atom is 0.169 e. The summed E-state index contributed by atoms with van der Waals surface area (Å²) in [4.78, 5) is 4.87. The predicted octanol–water partition coefficient (Wildman–Crippen LogP) is 6.60. The van der Waals surface area contributed by atoms with Crippen LogP contribution < -0.4 is 0 Å². The van der Waals surface area contributed by atoms with Gasteiger partial charge in [0.05, 0.1) is 16.6 Å². The number of nitrogens with zero attached hydrogens (tertiary/aromatic N) is 2. The Morgan fingerprint density at radius 1 is 0.929 bits per heavy atom. The molecule has 28 heavy (non-hydrogen) atoms. The first-order valence-electron chi connectivity index (χ1n) is 9.34. The van der Waals surface area contributed by atoms with E-state index in [2.05, 4.69) is 48.6 Å². The highest BCUT2D eigenvalue weighted by Crippen LogP contribution is 2.38. The van der Waals surface area contributed by atoms with E-state index < -0.39 is 0 Å². The smallest absolute Gasteiger partial charge is 0.169 e. The van der Waals surface area contributed by atoms with Crippen LogP contribution in [0.2, 0.25) is 0 Å². The monoisotopic (exact) mass is 368 g/mol. The molecule has 3 nitrogen and oxygen atoms in total. The Hall–Kier alpha value is -3.40. The second-order valence-electron chi connectivity index (χ2n) is 7.54. The minimum Gasteiger partial charge on any atom is -0.461 e. The van der Waals surface area contributed by atoms with E-state index in [1.165, 1.54) is 22.6 Å². The zero-order valence-electron chi connectivity index (χ0n) is 15.8. The largest absolute Gasteiger partial charge is 0.461 e. The van der Waals surface area contributed by atoms with Gasteiger partial charge in [0, 0.05) is 16.5 Å². The number of rotatable bonds is 0. The number of aryl methyl sites for hydroxylation is 3. The molecule has 0 aliphatic heterocycles. The first-order valence-corrected chi connectivity index (χ1v) is 9.34. The molecule has 0 unspecified atom stereocenters. The summed E-state index contributed by atoms with van der Waals surface area (Å²) in [7, 11) is 0. The summed E-state index contributed by atoms with van der Waals surface area (Å²) in [6, 6.07) is 14.5. The Kier molecular flexibility index (Phi) is 2.85. The molecule has 0 atom stereocenters. The first-order chi connectivity index (χ1) is 13.5. The Balaban J connectivity index is 2.02. The van der Waals surface area contributed by atoms with Gasteiger partial charge >= 0.3 is 0 Å². The Labute approximate surface area is 160 Å². The summed E-state index contributed by atoms with van der Waals surface area (Å²) >= 11 is 0. The average Bonchev–Trinajstić information content (AvgIpc) is 3.21. The fourth-order valence-corrected chi connectivity index (χ4v) is 4.55. The highest BCUT2D eigenvalue weighted by molar-refractivity contribution is 6.20. The molecule has 0 fully saturated rings. The van der Waals surface area contributed by atoms with Crippen LogP contribution in [0.5, 0.6) is 0 Å². The highest BCUT2D eigenvalue weighted by atomic mass is 19.1. The molecule has 0 bridgehead atoms. The summed E-state index contributed by atoms with van der Waals surface area (Å²) in [5.74, 6) is -0.338. The van der Waals surface area contributed by atoms with Crippen LogP contribution in [-0.4, -0.2) is 9.38 Å². The molecular formula is C24H17FN2O. The van der Waals surface area contributed by atoms with Crippen molar-refractivity contribution in [2.75, 3.05) is 0 Å². The van der Waals surface area contributed by atoms with Crippen molar-refractivity contribution in [1.82, 2.24) is 9.38 Å². The van der Waals surface area contributed by atoms with Crippen LogP contribution in [0.4, 0.5) is 4.39 Å². The SMILES string of the molecule is Cc1nc2c3cc4ccccc4c(C)c3c3cc4occ(F)c4cc3n2c1C. The van der Waals surface area contributed by atoms with E-state index in [1.807, 2.05) is 19.1 Å². The number of hydrogen-bond donors (Lipinski definition) is 0. The van der Waals surface area contributed by atoms with Gasteiger partial charge in [-0.05, 0) is 60.7 Å². The first kappa shape index (κ1) is 15.6. The summed E-state index contributed by atoms with van der Waals surface area (Å²) < 4.78 is 21.9. The van der Waals surface area contributed by atoms with Crippen molar-refractivity contribution in [3.8, 4) is 0 Å². The quantitative estimate of drug-likeness (QED) is 0.223. The summed E-state index contributed by atoms with van der Waals surface area (Å²) in [6.45, 7) is 6.23. The second kappa shape index (κ2) is 5.10. The lowest BCUT2D eigenvalue weighted by Gasteiger charge is -2.14. The van der Waals surface area contributed by atoms with Gasteiger partial charge < -0.3 is 4.42 Å². The van der Waals surface area contributed by atoms with Crippen molar-refractivity contribution in [3.63, 3.8) is 0 Å². The molecule has 3 aromatic carbocycles. The van der Waals surface area contributed by atoms with Gasteiger partial charge in [0.1, 0.15) is 17.5 Å². The van der Waals surface area contributed by atoms with Crippen LogP contribution in [0.1, 0.15) is 17.0 Å². The van der Waals surface area contributed by atoms with E-state index in [1.54, 1.807) is 0 Å². The average molecular weight is 368 g/mol. The van der Waals surface area contributed by atoms with E-state index in [0.29, 0.717) is 11.0 Å². The van der Waals surface area contributed by atoms with Crippen LogP contribution in [-0.2, 0) is 0 Å². The molecule has 0 aliphatic carbocycles. The number of benzene rings is 3. The van der Waals surface area contributed by atoms with E-state index >= 15 is 0 Å². The van der Waals surface area contributed by atoms with Gasteiger partial charge in [-0.3, -0.25) is 4.40 Å². The third-order valence-electron chi connectivity index (χ3n) is 6.05. The highest BCUT2D eigenvalue weighted by Gasteiger charge is 2.19. The van der Waals surface area contributed by atoms with Gasteiger partial charge in [0.15, 0.2) is 5.82 Å². The molecule has 6 aromatic rings. The number of halogens is 1. The molecule has 0 N–H and O–H groups in total. The molecule has 0 amide bonds. The van der Waals surface area contributed by atoms with Crippen LogP contribution >= 0.6 is 0 Å². The lowest BCUT2D eigenvalue weighted by Crippen LogP contribution is -1.95. The van der Waals surface area contributed by atoms with Gasteiger partial charge in [0.2, 0.25) is 0 Å². The predicted molar refractivity (Wildman–Crippen MR) is 112 cm³/mol. The van der Waals surface area contributed by atoms with E-state index in [0.717, 1.165) is 38.7 Å². The molecule has 0 aliphatic rings. The van der Waals surface area contributed by atoms with Gasteiger partial charge in [-0.25, -0.2) is 9.37 Å². The lowest BCUT2D eigenvalue weighted by molar-refractivity contribution is 0.558. The molecule has 136 valence electrons. The van der Waals surface area contributed by atoms with Crippen molar-refractivity contribution in [2.45, 2.75) is 20.8 Å². The minimum absolute atomic E-state index is 0.338. The normalized spacial score (nSPS) is 12.3. The van der Waals surface area contributed by atoms with Crippen LogP contribution in [0.25, 0.3) is 49.1 Å². The number of pyridine rings is 1. The summed E-state index contributed by atoms with van der Waals surface area (Å²) in [5, 5.41) is 6.20. The van der Waals surface area contributed by atoms with Crippen molar-refractivity contribution in [2.24, 2.45) is 0 Å². The van der Waals surface area contributed by atoms with Crippen molar-refractivity contribution >= 4 is 49.1 Å². The molecule has 0 radical (unpaired) electrons. The van der Waals surface area contributed by atoms with Crippen LogP contribution in [0.3, 0.4) is 0 Å². The molecule has 0 saturated carbocycles. The molecule has 6 rings (SSSR count). The van der Waals surface area contributed by atoms with Crippen LogP contribution in [0.15, 0.2) is 53.1 Å². The third-order valence-corrected chi connectivity index (χ3v) is 6.05. The Morgan fingerprint density at radius 2 is 1.75 bits per heavy atom. The van der Waals surface area contributed by atoms with Gasteiger partial charge in [0.25, 0.3) is 0 Å². The molecule has 0 saturated heterocycles. The van der Waals surface area contributed by atoms with Gasteiger partial charge in [-0.1, -0.05) is 24.3 Å². The standard InChI is InChI=1S/C24H17FN2O/c1-12-16-7-5-4-6-15(16)8-19-23(12)18-10-22-17(20(25)11-28-22)9-21(18)27-14(3)13(2)26-24(19)27/h4-11H,1-3H3. The van der Waals surface area contributed by atoms with Gasteiger partial charge in [-0.2, -0.15) is 0 Å². The number of imidazole rings is 1. The fourth-order valence-electron chi connectivity index (χ4n) is 4.55. The van der Waals surface area contributed by atoms with E-state index in [9.17, 15) is 4.39 Å². The summed E-state index contributed by atoms with van der Waals surface area (Å²) in [6.07, 6.45) is 1.18. The van der Waals surface area contributed by atoms with Crippen molar-refractivity contribution in [1.29, 1.82) is 0 Å². The van der Waals surface area contributed by atoms with Crippen LogP contribution in [0, 0.1) is 26.6 Å². The number of aromatic nitrogens is 2. The van der Waals surface area contributed by atoms with Crippen molar-refractivity contribution in [3.05, 3.63) is 71.5 Å². The summed E-state index contributed by atoms with van der Waals surface area (Å²) in [5.41, 5.74) is 5.67. The molecule has 4 heteroatoms. The zero-order chi connectivity index (χ0) is 19.2. The maximum absolute atomic E-state index is 14.3. The van der Waals surface area contributed by atoms with Gasteiger partial charge in [-0.15, -0.1) is 0 Å². The zero-order valence-corrected chi connectivity index (χ0v) is 15.8. The molecular weight excluding hydrogens is 351 g/mol. The molecule has 3 aromatic heterocycles. The maximum atomic E-state index is 14.3. The van der Waals surface area contributed by atoms with E-state index in [-0.39, 0.29) is 5.82 Å². The topological polar surface area (TPSA) is 30.4 Å². The number of fused-ring (bicyclic) bond motifs is 8. The number of furan rings is 1. The fraction of sp³-hybridized carbons (Fsp3) is 0.125. The lowest BCUT2D eigenvalue weighted by atomic mass is 9.95. The number of hydrogen-bond acceptors (Lipinski definition) is 2. The minimum atomic E-state index is -0.338. The van der Waals surface area contributed by atoms with Crippen molar-refractivity contribution < 1.29 is 8.81 Å². The Morgan fingerprint density at radius 3 is 2.61 bits per heavy atom. The van der Waals surface area contributed by atoms with E-state index in [4.69, 9.17) is 9.40 Å².